The second kappa shape index (κ2) is 9.19. The van der Waals surface area contributed by atoms with Crippen molar-refractivity contribution in [2.45, 2.75) is 39.8 Å². The highest BCUT2D eigenvalue weighted by atomic mass is 16.5. The maximum absolute atomic E-state index is 12.6. The van der Waals surface area contributed by atoms with Gasteiger partial charge in [0.1, 0.15) is 38.5 Å². The van der Waals surface area contributed by atoms with Gasteiger partial charge in [-0.1, -0.05) is 18.2 Å². The molecule has 0 spiro atoms. The topological polar surface area (TPSA) is 47.2 Å². The first-order valence-electron chi connectivity index (χ1n) is 11.3. The highest BCUT2D eigenvalue weighted by Crippen LogP contribution is 2.25. The first kappa shape index (κ1) is 20.9. The Morgan fingerprint density at radius 2 is 1.80 bits per heavy atom. The quantitative estimate of drug-likeness (QED) is 0.647. The largest absolute Gasteiger partial charge is 0.493 e. The molecule has 2 aromatic carbocycles. The summed E-state index contributed by atoms with van der Waals surface area (Å²) >= 11 is 0. The molecule has 1 saturated heterocycles. The van der Waals surface area contributed by atoms with E-state index in [1.54, 1.807) is 4.90 Å². The third-order valence-corrected chi connectivity index (χ3v) is 6.69. The van der Waals surface area contributed by atoms with E-state index in [0.717, 1.165) is 51.5 Å². The molecule has 4 rings (SSSR count). The van der Waals surface area contributed by atoms with E-state index in [1.165, 1.54) is 32.7 Å². The number of hydrogen-bond donors (Lipinski definition) is 3. The molecule has 160 valence electrons. The summed E-state index contributed by atoms with van der Waals surface area (Å²) < 4.78 is 5.61. The predicted molar refractivity (Wildman–Crippen MR) is 118 cm³/mol. The van der Waals surface area contributed by atoms with Crippen LogP contribution in [0.25, 0.3) is 0 Å². The second-order valence-corrected chi connectivity index (χ2v) is 9.03. The minimum atomic E-state index is 0.0481. The smallest absolute Gasteiger partial charge is 0.275 e. The molecule has 2 aromatic rings. The molecule has 1 fully saturated rings. The zero-order valence-electron chi connectivity index (χ0n) is 18.5. The van der Waals surface area contributed by atoms with E-state index in [1.807, 2.05) is 0 Å². The van der Waals surface area contributed by atoms with E-state index in [2.05, 4.69) is 62.5 Å². The molecule has 5 heteroatoms. The maximum Gasteiger partial charge on any atom is 0.275 e. The molecular weight excluding hydrogens is 374 g/mol. The van der Waals surface area contributed by atoms with Crippen LogP contribution in [0.4, 0.5) is 0 Å². The molecule has 0 aliphatic carbocycles. The van der Waals surface area contributed by atoms with Crippen LogP contribution in [0, 0.1) is 13.8 Å². The fourth-order valence-corrected chi connectivity index (χ4v) is 4.59. The highest BCUT2D eigenvalue weighted by molar-refractivity contribution is 5.77. The van der Waals surface area contributed by atoms with Gasteiger partial charge >= 0.3 is 0 Å². The van der Waals surface area contributed by atoms with Crippen LogP contribution in [-0.4, -0.2) is 45.2 Å². The van der Waals surface area contributed by atoms with Gasteiger partial charge in [0.25, 0.3) is 5.91 Å². The molecule has 0 unspecified atom stereocenters. The third kappa shape index (κ3) is 5.02. The lowest BCUT2D eigenvalue weighted by atomic mass is 10.0. The van der Waals surface area contributed by atoms with Crippen LogP contribution in [0.1, 0.15) is 40.8 Å². The summed E-state index contributed by atoms with van der Waals surface area (Å²) in [5.74, 6) is 1.21. The Labute approximate surface area is 180 Å². The van der Waals surface area contributed by atoms with Crippen LogP contribution >= 0.6 is 0 Å². The van der Waals surface area contributed by atoms with Crippen molar-refractivity contribution in [3.8, 4) is 5.75 Å². The monoisotopic (exact) mass is 409 g/mol. The van der Waals surface area contributed by atoms with Crippen molar-refractivity contribution in [1.29, 1.82) is 0 Å². The zero-order chi connectivity index (χ0) is 21.1. The van der Waals surface area contributed by atoms with Gasteiger partial charge in [0.05, 0.1) is 12.6 Å². The van der Waals surface area contributed by atoms with Crippen LogP contribution in [0.15, 0.2) is 36.4 Å². The van der Waals surface area contributed by atoms with E-state index in [4.69, 9.17) is 4.74 Å². The number of quaternary nitrogens is 2. The maximum atomic E-state index is 12.6. The summed E-state index contributed by atoms with van der Waals surface area (Å²) in [4.78, 5) is 15.6. The molecule has 1 amide bonds. The number of amides is 1. The van der Waals surface area contributed by atoms with Crippen molar-refractivity contribution in [2.75, 3.05) is 39.3 Å². The first-order chi connectivity index (χ1) is 14.5. The number of piperazine rings is 1. The van der Waals surface area contributed by atoms with Gasteiger partial charge in [-0.05, 0) is 61.2 Å². The summed E-state index contributed by atoms with van der Waals surface area (Å²) in [6.07, 6.45) is 1.03. The van der Waals surface area contributed by atoms with E-state index >= 15 is 0 Å². The summed E-state index contributed by atoms with van der Waals surface area (Å²) in [6, 6.07) is 13.1. The summed E-state index contributed by atoms with van der Waals surface area (Å²) in [6.45, 7) is 13.1. The lowest BCUT2D eigenvalue weighted by Gasteiger charge is -2.29. The normalized spacial score (nSPS) is 21.6. The molecule has 2 aliphatic heterocycles. The number of carbonyl (C=O) groups is 1. The third-order valence-electron chi connectivity index (χ3n) is 6.69. The van der Waals surface area contributed by atoms with E-state index in [-0.39, 0.29) is 11.9 Å². The van der Waals surface area contributed by atoms with Crippen LogP contribution in [0.2, 0.25) is 0 Å². The number of rotatable bonds is 6. The lowest BCUT2D eigenvalue weighted by molar-refractivity contribution is -1.02. The molecule has 30 heavy (non-hydrogen) atoms. The summed E-state index contributed by atoms with van der Waals surface area (Å²) in [7, 11) is 0. The van der Waals surface area contributed by atoms with Gasteiger partial charge < -0.3 is 19.9 Å². The van der Waals surface area contributed by atoms with E-state index in [0.29, 0.717) is 6.54 Å². The fraction of sp³-hybridized carbons (Fsp3) is 0.480. The molecular formula is C25H35N3O2+2. The average Bonchev–Trinajstić information content (AvgIpc) is 3.19. The highest BCUT2D eigenvalue weighted by Gasteiger charge is 2.26. The number of carbonyl (C=O) groups excluding carboxylic acids is 1. The zero-order valence-corrected chi connectivity index (χ0v) is 18.5. The van der Waals surface area contributed by atoms with Crippen LogP contribution in [-0.2, 0) is 17.8 Å². The molecule has 3 N–H and O–H groups in total. The number of ether oxygens (including phenoxy) is 1. The van der Waals surface area contributed by atoms with Crippen molar-refractivity contribution in [3.05, 3.63) is 64.2 Å². The Kier molecular flexibility index (Phi) is 6.40. The first-order valence-corrected chi connectivity index (χ1v) is 11.3. The Bertz CT molecular complexity index is 903. The molecule has 2 aliphatic rings. The molecule has 5 nitrogen and oxygen atoms in total. The van der Waals surface area contributed by atoms with Gasteiger partial charge in [0.2, 0.25) is 0 Å². The van der Waals surface area contributed by atoms with Gasteiger partial charge in [-0.3, -0.25) is 4.79 Å². The Morgan fingerprint density at radius 1 is 1.03 bits per heavy atom. The number of aryl methyl sites for hydroxylation is 2. The van der Waals surface area contributed by atoms with Gasteiger partial charge in [0.15, 0.2) is 6.54 Å². The van der Waals surface area contributed by atoms with Crippen molar-refractivity contribution in [2.24, 2.45) is 0 Å². The van der Waals surface area contributed by atoms with Crippen molar-refractivity contribution in [1.82, 2.24) is 5.32 Å². The lowest BCUT2D eigenvalue weighted by Crippen LogP contribution is -3.28. The van der Waals surface area contributed by atoms with Crippen molar-refractivity contribution >= 4 is 5.91 Å². The number of fused-ring (bicyclic) bond motifs is 1. The van der Waals surface area contributed by atoms with Gasteiger partial charge in [-0.2, -0.15) is 0 Å². The van der Waals surface area contributed by atoms with E-state index < -0.39 is 0 Å². The van der Waals surface area contributed by atoms with Gasteiger partial charge in [0, 0.05) is 12.0 Å². The van der Waals surface area contributed by atoms with Crippen LogP contribution < -0.4 is 19.9 Å². The Hall–Kier alpha value is -2.37. The van der Waals surface area contributed by atoms with Gasteiger partial charge in [-0.15, -0.1) is 0 Å². The summed E-state index contributed by atoms with van der Waals surface area (Å²) in [5.41, 5.74) is 6.49. The predicted octanol–water partition coefficient (Wildman–Crippen LogP) is 0.399. The summed E-state index contributed by atoms with van der Waals surface area (Å²) in [5, 5.41) is 3.19. The van der Waals surface area contributed by atoms with E-state index in [9.17, 15) is 4.79 Å². The molecule has 1 atom stereocenters. The Balaban J connectivity index is 1.22. The number of hydrogen-bond acceptors (Lipinski definition) is 2. The molecule has 0 saturated carbocycles. The molecule has 0 aromatic heterocycles. The van der Waals surface area contributed by atoms with Crippen LogP contribution in [0.5, 0.6) is 5.75 Å². The minimum Gasteiger partial charge on any atom is -0.493 e. The molecule has 0 radical (unpaired) electrons. The SMILES string of the molecule is Cc1ccc([C@@H](C)NC(=O)C[NH+]2CC[NH+](Cc3ccc4c(c3)CCO4)CC2)cc1C. The fourth-order valence-electron chi connectivity index (χ4n) is 4.59. The van der Waals surface area contributed by atoms with Gasteiger partial charge in [-0.25, -0.2) is 0 Å². The number of nitrogens with one attached hydrogen (secondary N) is 3. The minimum absolute atomic E-state index is 0.0481. The molecule has 2 heterocycles. The van der Waals surface area contributed by atoms with Crippen molar-refractivity contribution in [3.63, 3.8) is 0 Å². The van der Waals surface area contributed by atoms with Crippen LogP contribution in [0.3, 0.4) is 0 Å². The number of benzene rings is 2. The molecule has 0 bridgehead atoms. The standard InChI is InChI=1S/C25H33N3O2/c1-18-4-6-22(14-19(18)2)20(3)26-25(29)17-28-11-9-27(10-12-28)16-21-5-7-24-23(15-21)8-13-30-24/h4-7,14-15,20H,8-13,16-17H2,1-3H3,(H,26,29)/p+2/t20-/m1/s1. The van der Waals surface area contributed by atoms with Crippen molar-refractivity contribution < 1.29 is 19.3 Å². The second-order valence-electron chi connectivity index (χ2n) is 9.03. The average molecular weight is 410 g/mol. The Morgan fingerprint density at radius 3 is 2.57 bits per heavy atom.